The number of nitrogens with one attached hydrogen (secondary N) is 2. The van der Waals surface area contributed by atoms with Crippen molar-refractivity contribution < 1.29 is 14.4 Å². The summed E-state index contributed by atoms with van der Waals surface area (Å²) in [5, 5.41) is 5.63. The highest BCUT2D eigenvalue weighted by Crippen LogP contribution is 2.30. The van der Waals surface area contributed by atoms with Gasteiger partial charge in [-0.15, -0.1) is 0 Å². The lowest BCUT2D eigenvalue weighted by atomic mass is 10.0. The van der Waals surface area contributed by atoms with Crippen LogP contribution in [-0.2, 0) is 22.7 Å². The van der Waals surface area contributed by atoms with Crippen LogP contribution < -0.4 is 10.6 Å². The molecular weight excluding hydrogens is 356 g/mol. The summed E-state index contributed by atoms with van der Waals surface area (Å²) in [4.78, 5) is 42.3. The summed E-state index contributed by atoms with van der Waals surface area (Å²) >= 11 is 0. The van der Waals surface area contributed by atoms with E-state index in [-0.39, 0.29) is 18.2 Å². The summed E-state index contributed by atoms with van der Waals surface area (Å²) in [6.07, 6.45) is 2.41. The highest BCUT2D eigenvalue weighted by atomic mass is 16.2. The molecule has 1 unspecified atom stereocenters. The molecular formula is C21H22N4O3. The molecule has 3 heterocycles. The number of fused-ring (bicyclic) bond motifs is 1. The molecule has 0 aliphatic carbocycles. The summed E-state index contributed by atoms with van der Waals surface area (Å²) in [5.41, 5.74) is 4.43. The number of pyridine rings is 1. The highest BCUT2D eigenvalue weighted by Gasteiger charge is 2.39. The molecule has 1 aromatic heterocycles. The average Bonchev–Trinajstić information content (AvgIpc) is 3.02. The second kappa shape index (κ2) is 7.52. The van der Waals surface area contributed by atoms with Gasteiger partial charge >= 0.3 is 0 Å². The fraction of sp³-hybridized carbons (Fsp3) is 0.333. The lowest BCUT2D eigenvalue weighted by Gasteiger charge is -2.29. The molecule has 2 aromatic rings. The Morgan fingerprint density at radius 1 is 1.21 bits per heavy atom. The molecule has 1 saturated heterocycles. The molecule has 1 atom stereocenters. The molecule has 2 N–H and O–H groups in total. The quantitative estimate of drug-likeness (QED) is 0.772. The number of rotatable bonds is 5. The third kappa shape index (κ3) is 3.41. The van der Waals surface area contributed by atoms with Crippen LogP contribution in [0.25, 0.3) is 11.3 Å². The maximum atomic E-state index is 12.8. The third-order valence-electron chi connectivity index (χ3n) is 5.22. The van der Waals surface area contributed by atoms with E-state index in [1.54, 1.807) is 17.2 Å². The van der Waals surface area contributed by atoms with E-state index in [9.17, 15) is 14.4 Å². The van der Waals surface area contributed by atoms with Gasteiger partial charge in [0.25, 0.3) is 5.91 Å². The fourth-order valence-electron chi connectivity index (χ4n) is 3.75. The molecule has 1 aromatic carbocycles. The normalized spacial score (nSPS) is 19.0. The molecule has 1 fully saturated rings. The largest absolute Gasteiger partial charge is 0.322 e. The summed E-state index contributed by atoms with van der Waals surface area (Å²) in [7, 11) is 0. The molecule has 4 rings (SSSR count). The molecule has 144 valence electrons. The number of carbonyl (C=O) groups excluding carboxylic acids is 3. The van der Waals surface area contributed by atoms with Crippen molar-refractivity contribution in [2.75, 3.05) is 6.54 Å². The van der Waals surface area contributed by atoms with E-state index >= 15 is 0 Å². The van der Waals surface area contributed by atoms with Crippen LogP contribution in [0.1, 0.15) is 41.3 Å². The zero-order valence-corrected chi connectivity index (χ0v) is 15.7. The van der Waals surface area contributed by atoms with Crippen LogP contribution in [0.3, 0.4) is 0 Å². The van der Waals surface area contributed by atoms with Gasteiger partial charge in [-0.05, 0) is 48.4 Å². The van der Waals surface area contributed by atoms with Crippen molar-refractivity contribution in [3.8, 4) is 11.3 Å². The third-order valence-corrected chi connectivity index (χ3v) is 5.22. The van der Waals surface area contributed by atoms with Crippen LogP contribution in [0.15, 0.2) is 36.5 Å². The van der Waals surface area contributed by atoms with E-state index in [1.165, 1.54) is 0 Å². The summed E-state index contributed by atoms with van der Waals surface area (Å²) < 4.78 is 0. The second-order valence-electron chi connectivity index (χ2n) is 7.10. The van der Waals surface area contributed by atoms with Crippen molar-refractivity contribution in [3.63, 3.8) is 0 Å². The van der Waals surface area contributed by atoms with Crippen molar-refractivity contribution in [2.24, 2.45) is 0 Å². The molecule has 0 spiro atoms. The van der Waals surface area contributed by atoms with Gasteiger partial charge in [0.2, 0.25) is 11.8 Å². The summed E-state index contributed by atoms with van der Waals surface area (Å²) in [6, 6.07) is 9.09. The van der Waals surface area contributed by atoms with E-state index in [2.05, 4.69) is 22.5 Å². The van der Waals surface area contributed by atoms with Gasteiger partial charge in [-0.25, -0.2) is 0 Å². The Morgan fingerprint density at radius 3 is 2.86 bits per heavy atom. The van der Waals surface area contributed by atoms with E-state index in [4.69, 9.17) is 0 Å². The molecule has 2 aliphatic rings. The standard InChI is InChI=1S/C21H22N4O3/c1-2-22-11-13-7-8-23-17(9-13)14-3-4-16-15(10-14)12-25(21(16)28)18-5-6-19(26)24-20(18)27/h3-4,7-10,18,22H,2,5-6,11-12H2,1H3,(H,24,26,27). The average molecular weight is 378 g/mol. The number of hydrogen-bond donors (Lipinski definition) is 2. The monoisotopic (exact) mass is 378 g/mol. The van der Waals surface area contributed by atoms with Crippen LogP contribution in [0.4, 0.5) is 0 Å². The van der Waals surface area contributed by atoms with Crippen molar-refractivity contribution in [1.82, 2.24) is 20.5 Å². The lowest BCUT2D eigenvalue weighted by molar-refractivity contribution is -0.136. The minimum atomic E-state index is -0.595. The van der Waals surface area contributed by atoms with Gasteiger partial charge in [-0.2, -0.15) is 0 Å². The molecule has 0 saturated carbocycles. The van der Waals surface area contributed by atoms with Gasteiger partial charge in [-0.1, -0.05) is 13.0 Å². The number of imide groups is 1. The van der Waals surface area contributed by atoms with E-state index in [0.29, 0.717) is 18.5 Å². The first-order chi connectivity index (χ1) is 13.6. The number of amides is 3. The topological polar surface area (TPSA) is 91.4 Å². The number of piperidine rings is 1. The Bertz CT molecular complexity index is 956. The van der Waals surface area contributed by atoms with Gasteiger partial charge < -0.3 is 10.2 Å². The van der Waals surface area contributed by atoms with Gasteiger partial charge in [0, 0.05) is 36.8 Å². The molecule has 7 nitrogen and oxygen atoms in total. The Hall–Kier alpha value is -3.06. The zero-order chi connectivity index (χ0) is 19.7. The van der Waals surface area contributed by atoms with Gasteiger partial charge in [0.05, 0.1) is 5.69 Å². The van der Waals surface area contributed by atoms with Crippen LogP contribution in [0.5, 0.6) is 0 Å². The molecule has 0 radical (unpaired) electrons. The number of nitrogens with zero attached hydrogens (tertiary/aromatic N) is 2. The maximum absolute atomic E-state index is 12.8. The van der Waals surface area contributed by atoms with Crippen molar-refractivity contribution >= 4 is 17.7 Å². The number of aromatic nitrogens is 1. The molecule has 3 amide bonds. The van der Waals surface area contributed by atoms with E-state index in [1.807, 2.05) is 24.3 Å². The Morgan fingerprint density at radius 2 is 2.07 bits per heavy atom. The molecule has 28 heavy (non-hydrogen) atoms. The van der Waals surface area contributed by atoms with Gasteiger partial charge in [-0.3, -0.25) is 24.7 Å². The van der Waals surface area contributed by atoms with E-state index < -0.39 is 11.9 Å². The van der Waals surface area contributed by atoms with Crippen LogP contribution >= 0.6 is 0 Å². The van der Waals surface area contributed by atoms with Gasteiger partial charge in [0.15, 0.2) is 0 Å². The predicted octanol–water partition coefficient (Wildman–Crippen LogP) is 1.62. The van der Waals surface area contributed by atoms with Crippen molar-refractivity contribution in [1.29, 1.82) is 0 Å². The molecule has 7 heteroatoms. The van der Waals surface area contributed by atoms with Gasteiger partial charge in [0.1, 0.15) is 6.04 Å². The van der Waals surface area contributed by atoms with Crippen molar-refractivity contribution in [2.45, 2.75) is 38.9 Å². The van der Waals surface area contributed by atoms with Crippen LogP contribution in [0, 0.1) is 0 Å². The zero-order valence-electron chi connectivity index (χ0n) is 15.7. The Labute approximate surface area is 163 Å². The number of carbonyl (C=O) groups is 3. The SMILES string of the molecule is CCNCc1ccnc(-c2ccc3c(c2)CN(C2CCC(=O)NC2=O)C3=O)c1. The van der Waals surface area contributed by atoms with Crippen molar-refractivity contribution in [3.05, 3.63) is 53.2 Å². The predicted molar refractivity (Wildman–Crippen MR) is 103 cm³/mol. The first kappa shape index (κ1) is 18.3. The first-order valence-corrected chi connectivity index (χ1v) is 9.50. The fourth-order valence-corrected chi connectivity index (χ4v) is 3.75. The molecule has 2 aliphatic heterocycles. The number of hydrogen-bond acceptors (Lipinski definition) is 5. The minimum Gasteiger partial charge on any atom is -0.322 e. The Balaban J connectivity index is 1.57. The lowest BCUT2D eigenvalue weighted by Crippen LogP contribution is -2.52. The van der Waals surface area contributed by atoms with Crippen LogP contribution in [0.2, 0.25) is 0 Å². The second-order valence-corrected chi connectivity index (χ2v) is 7.10. The first-order valence-electron chi connectivity index (χ1n) is 9.50. The smallest absolute Gasteiger partial charge is 0.255 e. The highest BCUT2D eigenvalue weighted by molar-refractivity contribution is 6.05. The Kier molecular flexibility index (Phi) is 4.92. The van der Waals surface area contributed by atoms with Crippen LogP contribution in [-0.4, -0.2) is 40.2 Å². The maximum Gasteiger partial charge on any atom is 0.255 e. The van der Waals surface area contributed by atoms with E-state index in [0.717, 1.165) is 35.5 Å². The summed E-state index contributed by atoms with van der Waals surface area (Å²) in [6.45, 7) is 4.10. The minimum absolute atomic E-state index is 0.162. The summed E-state index contributed by atoms with van der Waals surface area (Å²) in [5.74, 6) is -0.837. The number of benzene rings is 1. The molecule has 0 bridgehead atoms.